The molecule has 0 saturated carbocycles. The van der Waals surface area contributed by atoms with E-state index in [1.165, 1.54) is 0 Å². The lowest BCUT2D eigenvalue weighted by molar-refractivity contribution is 0.519. The van der Waals surface area contributed by atoms with E-state index in [2.05, 4.69) is 10.0 Å². The largest absolute Gasteiger partial charge is 0.316 e. The minimum Gasteiger partial charge on any atom is -0.316 e. The van der Waals surface area contributed by atoms with Gasteiger partial charge < -0.3 is 5.32 Å². The lowest BCUT2D eigenvalue weighted by Crippen LogP contribution is -2.27. The third-order valence-electron chi connectivity index (χ3n) is 3.38. The molecule has 4 nitrogen and oxygen atoms in total. The number of nitrogens with one attached hydrogen (secondary N) is 2. The van der Waals surface area contributed by atoms with Crippen molar-refractivity contribution in [2.24, 2.45) is 5.92 Å². The van der Waals surface area contributed by atoms with Gasteiger partial charge in [-0.15, -0.1) is 12.4 Å². The van der Waals surface area contributed by atoms with Crippen LogP contribution in [-0.4, -0.2) is 28.1 Å². The van der Waals surface area contributed by atoms with E-state index in [0.29, 0.717) is 12.5 Å². The van der Waals surface area contributed by atoms with Crippen LogP contribution in [0, 0.1) is 12.8 Å². The predicted molar refractivity (Wildman–Crippen MR) is 84.2 cm³/mol. The Hall–Kier alpha value is -0.330. The van der Waals surface area contributed by atoms with Crippen molar-refractivity contribution in [3.63, 3.8) is 0 Å². The summed E-state index contributed by atoms with van der Waals surface area (Å²) in [5.41, 5.74) is 0.879. The number of hydrogen-bond donors (Lipinski definition) is 2. The summed E-state index contributed by atoms with van der Waals surface area (Å²) in [6.45, 7) is 4.31. The fourth-order valence-electron chi connectivity index (χ4n) is 2.25. The Morgan fingerprint density at radius 3 is 2.85 bits per heavy atom. The van der Waals surface area contributed by atoms with Gasteiger partial charge in [0.25, 0.3) is 0 Å². The molecule has 114 valence electrons. The molecule has 1 unspecified atom stereocenters. The van der Waals surface area contributed by atoms with Gasteiger partial charge in [0.15, 0.2) is 0 Å². The lowest BCUT2D eigenvalue weighted by atomic mass is 10.1. The fraction of sp³-hybridized carbons (Fsp3) is 0.538. The molecule has 1 saturated heterocycles. The molecule has 1 aliphatic rings. The van der Waals surface area contributed by atoms with E-state index in [9.17, 15) is 8.42 Å². The summed E-state index contributed by atoms with van der Waals surface area (Å²) in [5, 5.41) is 3.53. The van der Waals surface area contributed by atoms with E-state index in [4.69, 9.17) is 11.6 Å². The molecule has 1 heterocycles. The average molecular weight is 339 g/mol. The van der Waals surface area contributed by atoms with Gasteiger partial charge in [-0.3, -0.25) is 0 Å². The summed E-state index contributed by atoms with van der Waals surface area (Å²) >= 11 is 5.96. The van der Waals surface area contributed by atoms with Gasteiger partial charge in [0, 0.05) is 6.54 Å². The van der Waals surface area contributed by atoms with Gasteiger partial charge in [0.2, 0.25) is 10.0 Å². The molecule has 0 bridgehead atoms. The Bertz CT molecular complexity index is 543. The first kappa shape index (κ1) is 17.7. The van der Waals surface area contributed by atoms with Crippen molar-refractivity contribution in [1.82, 2.24) is 10.0 Å². The lowest BCUT2D eigenvalue weighted by Gasteiger charge is -2.11. The smallest absolute Gasteiger partial charge is 0.242 e. The molecule has 1 aromatic rings. The highest BCUT2D eigenvalue weighted by Crippen LogP contribution is 2.22. The zero-order valence-electron chi connectivity index (χ0n) is 11.4. The number of hydrogen-bond acceptors (Lipinski definition) is 3. The van der Waals surface area contributed by atoms with Gasteiger partial charge in [0.05, 0.1) is 5.02 Å². The second kappa shape index (κ2) is 7.61. The van der Waals surface area contributed by atoms with Crippen LogP contribution in [0.4, 0.5) is 0 Å². The first-order chi connectivity index (χ1) is 8.99. The molecule has 0 radical (unpaired) electrons. The minimum atomic E-state index is -3.51. The highest BCUT2D eigenvalue weighted by Gasteiger charge is 2.19. The van der Waals surface area contributed by atoms with Crippen LogP contribution in [0.15, 0.2) is 23.1 Å². The normalized spacial score (nSPS) is 18.8. The van der Waals surface area contributed by atoms with Crippen LogP contribution >= 0.6 is 24.0 Å². The van der Waals surface area contributed by atoms with E-state index in [0.717, 1.165) is 31.5 Å². The minimum absolute atomic E-state index is 0. The first-order valence-electron chi connectivity index (χ1n) is 6.45. The molecule has 2 N–H and O–H groups in total. The summed E-state index contributed by atoms with van der Waals surface area (Å²) in [4.78, 5) is 0.165. The Morgan fingerprint density at radius 2 is 2.20 bits per heavy atom. The van der Waals surface area contributed by atoms with Crippen molar-refractivity contribution >= 4 is 34.0 Å². The maximum Gasteiger partial charge on any atom is 0.242 e. The standard InChI is InChI=1S/C13H19ClN2O2S.ClH/c1-10-2-3-12(14)13(8-10)19(17,18)16-7-5-11-4-6-15-9-11;/h2-3,8,11,15-16H,4-7,9H2,1H3;1H. The maximum absolute atomic E-state index is 12.2. The second-order valence-electron chi connectivity index (χ2n) is 4.98. The van der Waals surface area contributed by atoms with Gasteiger partial charge in [-0.1, -0.05) is 17.7 Å². The number of halogens is 2. The van der Waals surface area contributed by atoms with Gasteiger partial charge in [-0.25, -0.2) is 13.1 Å². The zero-order chi connectivity index (χ0) is 13.9. The molecular weight excluding hydrogens is 319 g/mol. The van der Waals surface area contributed by atoms with Crippen molar-refractivity contribution in [3.8, 4) is 0 Å². The molecule has 1 fully saturated rings. The topological polar surface area (TPSA) is 58.2 Å². The molecule has 0 aliphatic carbocycles. The molecular formula is C13H20Cl2N2O2S. The van der Waals surface area contributed by atoms with Crippen molar-refractivity contribution in [2.75, 3.05) is 19.6 Å². The molecule has 1 aromatic carbocycles. The SMILES string of the molecule is Cc1ccc(Cl)c(S(=O)(=O)NCCC2CCNC2)c1.Cl. The van der Waals surface area contributed by atoms with E-state index < -0.39 is 10.0 Å². The number of benzene rings is 1. The summed E-state index contributed by atoms with van der Waals surface area (Å²) in [7, 11) is -3.51. The van der Waals surface area contributed by atoms with Gasteiger partial charge in [0.1, 0.15) is 4.90 Å². The van der Waals surface area contributed by atoms with E-state index in [1.807, 2.05) is 6.92 Å². The van der Waals surface area contributed by atoms with Crippen molar-refractivity contribution < 1.29 is 8.42 Å². The van der Waals surface area contributed by atoms with Gasteiger partial charge in [-0.05, 0) is 56.5 Å². The van der Waals surface area contributed by atoms with Crippen LogP contribution in [0.2, 0.25) is 5.02 Å². The quantitative estimate of drug-likeness (QED) is 0.866. The molecule has 20 heavy (non-hydrogen) atoms. The predicted octanol–water partition coefficient (Wildman–Crippen LogP) is 2.35. The van der Waals surface area contributed by atoms with Gasteiger partial charge >= 0.3 is 0 Å². The van der Waals surface area contributed by atoms with E-state index >= 15 is 0 Å². The third-order valence-corrected chi connectivity index (χ3v) is 5.33. The average Bonchev–Trinajstić information content (AvgIpc) is 2.85. The zero-order valence-corrected chi connectivity index (χ0v) is 13.7. The van der Waals surface area contributed by atoms with Gasteiger partial charge in [-0.2, -0.15) is 0 Å². The fourth-order valence-corrected chi connectivity index (χ4v) is 3.88. The van der Waals surface area contributed by atoms with E-state index in [1.54, 1.807) is 18.2 Å². The number of rotatable bonds is 5. The summed E-state index contributed by atoms with van der Waals surface area (Å²) in [5.74, 6) is 0.565. The van der Waals surface area contributed by atoms with Crippen LogP contribution in [0.1, 0.15) is 18.4 Å². The van der Waals surface area contributed by atoms with Crippen LogP contribution in [-0.2, 0) is 10.0 Å². The van der Waals surface area contributed by atoms with Crippen molar-refractivity contribution in [1.29, 1.82) is 0 Å². The Morgan fingerprint density at radius 1 is 1.45 bits per heavy atom. The third kappa shape index (κ3) is 4.60. The molecule has 0 amide bonds. The summed E-state index contributed by atoms with van der Waals surface area (Å²) < 4.78 is 27.0. The Balaban J connectivity index is 0.00000200. The summed E-state index contributed by atoms with van der Waals surface area (Å²) in [6.07, 6.45) is 1.97. The highest BCUT2D eigenvalue weighted by molar-refractivity contribution is 7.89. The molecule has 1 aliphatic heterocycles. The first-order valence-corrected chi connectivity index (χ1v) is 8.32. The Labute approximate surface area is 131 Å². The summed E-state index contributed by atoms with van der Waals surface area (Å²) in [6, 6.07) is 5.01. The maximum atomic E-state index is 12.2. The number of aryl methyl sites for hydroxylation is 1. The second-order valence-corrected chi connectivity index (χ2v) is 7.12. The molecule has 7 heteroatoms. The molecule has 1 atom stereocenters. The molecule has 0 aromatic heterocycles. The monoisotopic (exact) mass is 338 g/mol. The van der Waals surface area contributed by atoms with Crippen LogP contribution in [0.3, 0.4) is 0 Å². The van der Waals surface area contributed by atoms with Crippen molar-refractivity contribution in [3.05, 3.63) is 28.8 Å². The van der Waals surface area contributed by atoms with Crippen LogP contribution in [0.25, 0.3) is 0 Å². The van der Waals surface area contributed by atoms with Crippen molar-refractivity contribution in [2.45, 2.75) is 24.7 Å². The van der Waals surface area contributed by atoms with Crippen LogP contribution < -0.4 is 10.0 Å². The molecule has 0 spiro atoms. The molecule has 2 rings (SSSR count). The number of sulfonamides is 1. The highest BCUT2D eigenvalue weighted by atomic mass is 35.5. The Kier molecular flexibility index (Phi) is 6.75. The van der Waals surface area contributed by atoms with E-state index in [-0.39, 0.29) is 22.3 Å². The van der Waals surface area contributed by atoms with Crippen LogP contribution in [0.5, 0.6) is 0 Å².